The van der Waals surface area contributed by atoms with Crippen molar-refractivity contribution in [3.8, 4) is 5.75 Å². The van der Waals surface area contributed by atoms with Crippen molar-refractivity contribution >= 4 is 48.1 Å². The number of fused-ring (bicyclic) bond motifs is 2. The number of aliphatic hydroxyl groups excluding tert-OH is 1. The summed E-state index contributed by atoms with van der Waals surface area (Å²) in [4.78, 5) is 32.1. The minimum atomic E-state index is -3.42. The number of aromatic nitrogens is 3. The Labute approximate surface area is 331 Å². The molecule has 2 amide bonds. The average molecular weight is 782 g/mol. The molecular weight excluding hydrogens is 738 g/mol. The largest absolute Gasteiger partial charge is 0.497 e. The highest BCUT2D eigenvalue weighted by Crippen LogP contribution is 2.61. The van der Waals surface area contributed by atoms with E-state index in [1.165, 1.54) is 0 Å². The standard InChI is InChI=1S/C45H44FN5O5Si/c1-28-42(57(3,4)46)40(22-23-49-26-37(47-48-49)35(27-52)30-10-6-5-7-11-30)56-45(28)36-24-33(55-2)20-21-38(36)50(44(45)54)25-29-16-18-32(19-17-29)51-39-15-9-13-31-12-8-14-34(41(31)39)43(51)53/h5-21,24,26,28,35,40,42,52H,22-23,25,27H2,1-4H3/t28-,35?,40+,42-,45+/m1/s1. The molecule has 5 atom stereocenters. The molecule has 3 aliphatic heterocycles. The Balaban J connectivity index is 0.995. The fourth-order valence-electron chi connectivity index (χ4n) is 9.58. The number of rotatable bonds is 11. The molecule has 10 nitrogen and oxygen atoms in total. The summed E-state index contributed by atoms with van der Waals surface area (Å²) in [7, 11) is -1.83. The Morgan fingerprint density at radius 1 is 0.947 bits per heavy atom. The minimum absolute atomic E-state index is 0.0734. The average Bonchev–Trinajstić information content (AvgIpc) is 3.94. The lowest BCUT2D eigenvalue weighted by Crippen LogP contribution is -2.45. The zero-order chi connectivity index (χ0) is 39.6. The molecule has 5 aromatic carbocycles. The van der Waals surface area contributed by atoms with Gasteiger partial charge in [0.1, 0.15) is 5.75 Å². The molecule has 0 radical (unpaired) electrons. The maximum atomic E-state index is 16.6. The van der Waals surface area contributed by atoms with Crippen LogP contribution < -0.4 is 14.5 Å². The van der Waals surface area contributed by atoms with Gasteiger partial charge in [-0.15, -0.1) is 5.10 Å². The molecule has 1 fully saturated rings. The number of nitrogens with zero attached hydrogens (tertiary/aromatic N) is 5. The molecule has 290 valence electrons. The number of aliphatic hydroxyl groups is 1. The maximum absolute atomic E-state index is 16.6. The number of hydrogen-bond donors (Lipinski definition) is 1. The molecule has 1 N–H and O–H groups in total. The van der Waals surface area contributed by atoms with Gasteiger partial charge in [-0.1, -0.05) is 78.9 Å². The van der Waals surface area contributed by atoms with E-state index in [1.54, 1.807) is 34.7 Å². The smallest absolute Gasteiger partial charge is 0.264 e. The first-order valence-corrected chi connectivity index (χ1v) is 22.4. The normalized spacial score (nSPS) is 21.9. The summed E-state index contributed by atoms with van der Waals surface area (Å²) in [5, 5.41) is 20.9. The summed E-state index contributed by atoms with van der Waals surface area (Å²) >= 11 is 0. The van der Waals surface area contributed by atoms with Crippen LogP contribution in [0.2, 0.25) is 18.6 Å². The van der Waals surface area contributed by atoms with Crippen LogP contribution in [-0.4, -0.2) is 60.1 Å². The SMILES string of the molecule is COc1ccc2c(c1)[C@]1(O[C@@H](CCn3cc(C(CO)c4ccccc4)nn3)[C@H]([Si](C)(C)F)[C@H]1C)C(=O)N2Cc1ccc(N2C(=O)c3cccc4cccc2c34)cc1. The first kappa shape index (κ1) is 36.9. The lowest BCUT2D eigenvalue weighted by atomic mass is 9.82. The number of anilines is 3. The molecule has 0 saturated carbocycles. The number of hydrogen-bond acceptors (Lipinski definition) is 7. The van der Waals surface area contributed by atoms with Gasteiger partial charge in [0.2, 0.25) is 8.41 Å². The summed E-state index contributed by atoms with van der Waals surface area (Å²) in [6, 6.07) is 34.7. The minimum Gasteiger partial charge on any atom is -0.497 e. The molecule has 1 saturated heterocycles. The second-order valence-electron chi connectivity index (χ2n) is 15.9. The van der Waals surface area contributed by atoms with Crippen molar-refractivity contribution in [1.29, 1.82) is 0 Å². The molecule has 3 aliphatic rings. The molecule has 1 unspecified atom stereocenters. The van der Waals surface area contributed by atoms with Crippen LogP contribution in [-0.2, 0) is 28.2 Å². The first-order valence-electron chi connectivity index (χ1n) is 19.4. The number of amides is 2. The molecule has 9 rings (SSSR count). The van der Waals surface area contributed by atoms with Crippen LogP contribution in [0.15, 0.2) is 115 Å². The van der Waals surface area contributed by atoms with Gasteiger partial charge < -0.3 is 23.6 Å². The van der Waals surface area contributed by atoms with Crippen molar-refractivity contribution in [1.82, 2.24) is 15.0 Å². The summed E-state index contributed by atoms with van der Waals surface area (Å²) < 4.78 is 30.9. The van der Waals surface area contributed by atoms with Crippen molar-refractivity contribution in [3.05, 3.63) is 143 Å². The van der Waals surface area contributed by atoms with E-state index in [-0.39, 0.29) is 30.9 Å². The number of carbonyl (C=O) groups excluding carboxylic acids is 2. The van der Waals surface area contributed by atoms with Gasteiger partial charge in [-0.2, -0.15) is 0 Å². The summed E-state index contributed by atoms with van der Waals surface area (Å²) in [6.07, 6.45) is 1.66. The molecule has 57 heavy (non-hydrogen) atoms. The van der Waals surface area contributed by atoms with Crippen LogP contribution in [0, 0.1) is 5.92 Å². The maximum Gasteiger partial charge on any atom is 0.264 e. The summed E-state index contributed by atoms with van der Waals surface area (Å²) in [5.41, 5.74) is 4.16. The van der Waals surface area contributed by atoms with Gasteiger partial charge in [-0.05, 0) is 78.5 Å². The predicted octanol–water partition coefficient (Wildman–Crippen LogP) is 8.27. The van der Waals surface area contributed by atoms with E-state index in [0.29, 0.717) is 41.2 Å². The summed E-state index contributed by atoms with van der Waals surface area (Å²) in [6.45, 7) is 5.86. The van der Waals surface area contributed by atoms with E-state index in [4.69, 9.17) is 9.47 Å². The van der Waals surface area contributed by atoms with Gasteiger partial charge in [-0.25, -0.2) is 0 Å². The first-order chi connectivity index (χ1) is 27.5. The van der Waals surface area contributed by atoms with Crippen LogP contribution in [0.5, 0.6) is 5.75 Å². The Morgan fingerprint density at radius 2 is 1.70 bits per heavy atom. The third-order valence-corrected chi connectivity index (χ3v) is 14.7. The monoisotopic (exact) mass is 781 g/mol. The van der Waals surface area contributed by atoms with E-state index in [0.717, 1.165) is 33.3 Å². The molecule has 0 bridgehead atoms. The quantitative estimate of drug-likeness (QED) is 0.104. The number of ether oxygens (including phenoxy) is 2. The number of aryl methyl sites for hydroxylation is 1. The highest BCUT2D eigenvalue weighted by atomic mass is 28.4. The van der Waals surface area contributed by atoms with E-state index < -0.39 is 31.6 Å². The lowest BCUT2D eigenvalue weighted by molar-refractivity contribution is -0.146. The Kier molecular flexibility index (Phi) is 9.10. The number of benzene rings is 5. The zero-order valence-corrected chi connectivity index (χ0v) is 33.3. The van der Waals surface area contributed by atoms with Gasteiger partial charge in [0.05, 0.1) is 54.9 Å². The Bertz CT molecular complexity index is 2500. The predicted molar refractivity (Wildman–Crippen MR) is 219 cm³/mol. The van der Waals surface area contributed by atoms with Crippen LogP contribution in [0.25, 0.3) is 10.8 Å². The summed E-state index contributed by atoms with van der Waals surface area (Å²) in [5.74, 6) is -0.528. The fraction of sp³-hybridized carbons (Fsp3) is 0.289. The van der Waals surface area contributed by atoms with Gasteiger partial charge in [0.15, 0.2) is 5.60 Å². The molecule has 12 heteroatoms. The van der Waals surface area contributed by atoms with Crippen molar-refractivity contribution < 1.29 is 28.3 Å². The molecule has 1 spiro atoms. The van der Waals surface area contributed by atoms with E-state index in [9.17, 15) is 9.90 Å². The molecule has 4 heterocycles. The van der Waals surface area contributed by atoms with Gasteiger partial charge in [-0.3, -0.25) is 19.2 Å². The highest BCUT2D eigenvalue weighted by molar-refractivity contribution is 6.72. The van der Waals surface area contributed by atoms with E-state index >= 15 is 8.90 Å². The number of methoxy groups -OCH3 is 1. The topological polar surface area (TPSA) is 110 Å². The molecule has 6 aromatic rings. The molecule has 1 aromatic heterocycles. The third kappa shape index (κ3) is 5.96. The van der Waals surface area contributed by atoms with Gasteiger partial charge in [0.25, 0.3) is 11.8 Å². The van der Waals surface area contributed by atoms with Crippen LogP contribution in [0.3, 0.4) is 0 Å². The number of halogens is 1. The van der Waals surface area contributed by atoms with Crippen molar-refractivity contribution in [2.75, 3.05) is 23.5 Å². The van der Waals surface area contributed by atoms with Crippen molar-refractivity contribution in [2.24, 2.45) is 5.92 Å². The Hall–Kier alpha value is -5.69. The van der Waals surface area contributed by atoms with Crippen LogP contribution >= 0.6 is 0 Å². The third-order valence-electron chi connectivity index (χ3n) is 12.2. The fourth-order valence-corrected chi connectivity index (χ4v) is 12.1. The molecular formula is C45H44FN5O5Si. The van der Waals surface area contributed by atoms with E-state index in [1.807, 2.05) is 122 Å². The van der Waals surface area contributed by atoms with Crippen molar-refractivity contribution in [3.63, 3.8) is 0 Å². The van der Waals surface area contributed by atoms with Crippen LogP contribution in [0.1, 0.15) is 52.0 Å². The van der Waals surface area contributed by atoms with Crippen molar-refractivity contribution in [2.45, 2.75) is 62.7 Å². The van der Waals surface area contributed by atoms with Gasteiger partial charge >= 0.3 is 0 Å². The second kappa shape index (κ2) is 14.0. The second-order valence-corrected chi connectivity index (χ2v) is 19.7. The number of carbonyl (C=O) groups is 2. The lowest BCUT2D eigenvalue weighted by Gasteiger charge is -2.31. The highest BCUT2D eigenvalue weighted by Gasteiger charge is 2.66. The molecule has 0 aliphatic carbocycles. The van der Waals surface area contributed by atoms with E-state index in [2.05, 4.69) is 10.3 Å². The zero-order valence-electron chi connectivity index (χ0n) is 32.3. The Morgan fingerprint density at radius 3 is 2.42 bits per heavy atom. The van der Waals surface area contributed by atoms with Crippen LogP contribution in [0.4, 0.5) is 21.2 Å². The van der Waals surface area contributed by atoms with Gasteiger partial charge in [0, 0.05) is 40.8 Å².